The molecular formula is C15H14ClFN2O. The number of halogens is 2. The van der Waals surface area contributed by atoms with Gasteiger partial charge in [0.05, 0.1) is 12.2 Å². The lowest BCUT2D eigenvalue weighted by atomic mass is 10.2. The number of rotatable bonds is 4. The van der Waals surface area contributed by atoms with E-state index < -0.39 is 5.82 Å². The predicted molar refractivity (Wildman–Crippen MR) is 79.7 cm³/mol. The van der Waals surface area contributed by atoms with Crippen LogP contribution in [0.25, 0.3) is 0 Å². The van der Waals surface area contributed by atoms with Gasteiger partial charge in [0, 0.05) is 10.7 Å². The molecule has 20 heavy (non-hydrogen) atoms. The zero-order valence-corrected chi connectivity index (χ0v) is 11.7. The summed E-state index contributed by atoms with van der Waals surface area (Å²) in [5.74, 6) is -0.660. The molecule has 0 atom stereocenters. The van der Waals surface area contributed by atoms with Crippen molar-refractivity contribution in [2.45, 2.75) is 6.92 Å². The molecule has 5 heteroatoms. The van der Waals surface area contributed by atoms with Gasteiger partial charge >= 0.3 is 0 Å². The monoisotopic (exact) mass is 292 g/mol. The number of carbonyl (C=O) groups excluding carboxylic acids is 1. The summed E-state index contributed by atoms with van der Waals surface area (Å²) in [5, 5.41) is 6.02. The molecule has 2 N–H and O–H groups in total. The van der Waals surface area contributed by atoms with Gasteiger partial charge in [-0.2, -0.15) is 0 Å². The highest BCUT2D eigenvalue weighted by molar-refractivity contribution is 6.31. The lowest BCUT2D eigenvalue weighted by molar-refractivity contribution is -0.114. The van der Waals surface area contributed by atoms with Crippen molar-refractivity contribution in [2.75, 3.05) is 17.2 Å². The number of carbonyl (C=O) groups is 1. The summed E-state index contributed by atoms with van der Waals surface area (Å²) >= 11 is 5.97. The molecule has 0 fully saturated rings. The van der Waals surface area contributed by atoms with Crippen molar-refractivity contribution in [1.29, 1.82) is 0 Å². The third-order valence-corrected chi connectivity index (χ3v) is 3.18. The minimum atomic E-state index is -0.390. The van der Waals surface area contributed by atoms with Crippen LogP contribution in [-0.4, -0.2) is 12.5 Å². The summed E-state index contributed by atoms with van der Waals surface area (Å²) in [7, 11) is 0. The summed E-state index contributed by atoms with van der Waals surface area (Å²) in [6.45, 7) is 1.86. The topological polar surface area (TPSA) is 41.1 Å². The molecule has 0 heterocycles. The third kappa shape index (κ3) is 3.71. The molecule has 0 aromatic heterocycles. The molecule has 0 saturated heterocycles. The fourth-order valence-corrected chi connectivity index (χ4v) is 1.84. The van der Waals surface area contributed by atoms with Crippen LogP contribution in [0.2, 0.25) is 5.02 Å². The van der Waals surface area contributed by atoms with Crippen LogP contribution in [0.1, 0.15) is 5.56 Å². The van der Waals surface area contributed by atoms with Crippen molar-refractivity contribution >= 4 is 28.9 Å². The molecule has 2 aromatic rings. The molecular weight excluding hydrogens is 279 g/mol. The zero-order valence-electron chi connectivity index (χ0n) is 10.9. The first-order valence-electron chi connectivity index (χ1n) is 6.10. The Balaban J connectivity index is 1.93. The van der Waals surface area contributed by atoms with Crippen molar-refractivity contribution in [3.05, 3.63) is 58.9 Å². The molecule has 0 aliphatic carbocycles. The van der Waals surface area contributed by atoms with Gasteiger partial charge in [-0.25, -0.2) is 4.39 Å². The Labute approximate surface area is 121 Å². The normalized spacial score (nSPS) is 10.2. The Morgan fingerprint density at radius 2 is 2.00 bits per heavy atom. The molecule has 2 rings (SSSR count). The van der Waals surface area contributed by atoms with Crippen molar-refractivity contribution in [2.24, 2.45) is 0 Å². The van der Waals surface area contributed by atoms with Crippen LogP contribution in [0.3, 0.4) is 0 Å². The summed E-state index contributed by atoms with van der Waals surface area (Å²) in [4.78, 5) is 11.8. The molecule has 104 valence electrons. The van der Waals surface area contributed by atoms with Crippen LogP contribution < -0.4 is 10.6 Å². The summed E-state index contributed by atoms with van der Waals surface area (Å²) < 4.78 is 13.4. The van der Waals surface area contributed by atoms with E-state index >= 15 is 0 Å². The Morgan fingerprint density at radius 1 is 1.25 bits per heavy atom. The molecule has 0 spiro atoms. The highest BCUT2D eigenvalue weighted by Gasteiger charge is 2.05. The van der Waals surface area contributed by atoms with Crippen LogP contribution >= 0.6 is 11.6 Å². The van der Waals surface area contributed by atoms with Crippen molar-refractivity contribution in [3.8, 4) is 0 Å². The standard InChI is InChI=1S/C15H14ClFN2O/c1-10-6-7-11(8-12(10)16)19-15(20)9-18-14-5-3-2-4-13(14)17/h2-8,18H,9H2,1H3,(H,19,20). The fraction of sp³-hybridized carbons (Fsp3) is 0.133. The Morgan fingerprint density at radius 3 is 2.70 bits per heavy atom. The quantitative estimate of drug-likeness (QED) is 0.899. The fourth-order valence-electron chi connectivity index (χ4n) is 1.66. The SMILES string of the molecule is Cc1ccc(NC(=O)CNc2ccccc2F)cc1Cl. The smallest absolute Gasteiger partial charge is 0.243 e. The van der Waals surface area contributed by atoms with E-state index in [9.17, 15) is 9.18 Å². The number of nitrogens with one attached hydrogen (secondary N) is 2. The Bertz CT molecular complexity index is 631. The van der Waals surface area contributed by atoms with Gasteiger partial charge in [0.25, 0.3) is 0 Å². The van der Waals surface area contributed by atoms with Gasteiger partial charge in [0.2, 0.25) is 5.91 Å². The highest BCUT2D eigenvalue weighted by atomic mass is 35.5. The van der Waals surface area contributed by atoms with Crippen LogP contribution in [0.15, 0.2) is 42.5 Å². The summed E-state index contributed by atoms with van der Waals surface area (Å²) in [5.41, 5.74) is 1.85. The Kier molecular flexibility index (Phi) is 4.58. The van der Waals surface area contributed by atoms with E-state index in [0.29, 0.717) is 16.4 Å². The molecule has 1 amide bonds. The maximum atomic E-state index is 13.4. The van der Waals surface area contributed by atoms with Crippen LogP contribution in [0.5, 0.6) is 0 Å². The lowest BCUT2D eigenvalue weighted by Crippen LogP contribution is -2.22. The number of anilines is 2. The number of amides is 1. The number of benzene rings is 2. The number of para-hydroxylation sites is 1. The second-order valence-corrected chi connectivity index (χ2v) is 4.75. The maximum Gasteiger partial charge on any atom is 0.243 e. The van der Waals surface area contributed by atoms with E-state index in [2.05, 4.69) is 10.6 Å². The molecule has 0 aliphatic heterocycles. The van der Waals surface area contributed by atoms with Gasteiger partial charge < -0.3 is 10.6 Å². The summed E-state index contributed by atoms with van der Waals surface area (Å²) in [6, 6.07) is 11.5. The predicted octanol–water partition coefficient (Wildman–Crippen LogP) is 3.84. The first-order valence-corrected chi connectivity index (χ1v) is 6.48. The minimum Gasteiger partial charge on any atom is -0.374 e. The van der Waals surface area contributed by atoms with Gasteiger partial charge in [-0.3, -0.25) is 4.79 Å². The summed E-state index contributed by atoms with van der Waals surface area (Å²) in [6.07, 6.45) is 0. The largest absolute Gasteiger partial charge is 0.374 e. The molecule has 0 bridgehead atoms. The molecule has 0 saturated carbocycles. The number of hydrogen-bond donors (Lipinski definition) is 2. The molecule has 0 aliphatic rings. The molecule has 2 aromatic carbocycles. The Hall–Kier alpha value is -2.07. The van der Waals surface area contributed by atoms with Gasteiger partial charge in [-0.05, 0) is 36.8 Å². The van der Waals surface area contributed by atoms with Gasteiger partial charge in [0.1, 0.15) is 5.82 Å². The van der Waals surface area contributed by atoms with Crippen LogP contribution in [0.4, 0.5) is 15.8 Å². The minimum absolute atomic E-state index is 0.0214. The van der Waals surface area contributed by atoms with Crippen molar-refractivity contribution < 1.29 is 9.18 Å². The first-order chi connectivity index (χ1) is 9.56. The lowest BCUT2D eigenvalue weighted by Gasteiger charge is -2.09. The number of aryl methyl sites for hydroxylation is 1. The van der Waals surface area contributed by atoms with Gasteiger partial charge in [0.15, 0.2) is 0 Å². The second-order valence-electron chi connectivity index (χ2n) is 4.35. The highest BCUT2D eigenvalue weighted by Crippen LogP contribution is 2.20. The zero-order chi connectivity index (χ0) is 14.5. The average molecular weight is 293 g/mol. The van der Waals surface area contributed by atoms with Crippen molar-refractivity contribution in [1.82, 2.24) is 0 Å². The first kappa shape index (κ1) is 14.3. The van der Waals surface area contributed by atoms with Crippen LogP contribution in [0, 0.1) is 12.7 Å². The molecule has 0 radical (unpaired) electrons. The van der Waals surface area contributed by atoms with E-state index in [-0.39, 0.29) is 12.5 Å². The van der Waals surface area contributed by atoms with E-state index in [1.54, 1.807) is 30.3 Å². The molecule has 3 nitrogen and oxygen atoms in total. The third-order valence-electron chi connectivity index (χ3n) is 2.77. The van der Waals surface area contributed by atoms with E-state index in [4.69, 9.17) is 11.6 Å². The van der Waals surface area contributed by atoms with Gasteiger partial charge in [-0.15, -0.1) is 0 Å². The average Bonchev–Trinajstić information content (AvgIpc) is 2.42. The second kappa shape index (κ2) is 6.39. The maximum absolute atomic E-state index is 13.4. The van der Waals surface area contributed by atoms with E-state index in [1.165, 1.54) is 6.07 Å². The van der Waals surface area contributed by atoms with Crippen molar-refractivity contribution in [3.63, 3.8) is 0 Å². The molecule has 0 unspecified atom stereocenters. The van der Waals surface area contributed by atoms with E-state index in [1.807, 2.05) is 13.0 Å². The van der Waals surface area contributed by atoms with Gasteiger partial charge in [-0.1, -0.05) is 29.8 Å². The van der Waals surface area contributed by atoms with Crippen LogP contribution in [-0.2, 0) is 4.79 Å². The van der Waals surface area contributed by atoms with E-state index in [0.717, 1.165) is 5.56 Å². The number of hydrogen-bond acceptors (Lipinski definition) is 2.